The second-order valence-corrected chi connectivity index (χ2v) is 15.0. The van der Waals surface area contributed by atoms with Crippen molar-refractivity contribution in [3.8, 4) is 0 Å². The van der Waals surface area contributed by atoms with Crippen molar-refractivity contribution >= 4 is 18.2 Å². The third-order valence-corrected chi connectivity index (χ3v) is 11.6. The smallest absolute Gasteiger partial charge is 0.206 e. The Bertz CT molecular complexity index is 756. The summed E-state index contributed by atoms with van der Waals surface area (Å²) >= 11 is 0. The Morgan fingerprint density at radius 2 is 1.72 bits per heavy atom. The molecule has 1 aromatic rings. The van der Waals surface area contributed by atoms with Gasteiger partial charge in [-0.1, -0.05) is 58.0 Å². The molecule has 0 N–H and O–H groups in total. The maximum Gasteiger partial charge on any atom is 0.206 e. The average molecular weight is 379 g/mol. The molecule has 2 rings (SSSR count). The predicted octanol–water partition coefficient (Wildman–Crippen LogP) is 5.33. The summed E-state index contributed by atoms with van der Waals surface area (Å²) in [4.78, 5) is 0.703. The van der Waals surface area contributed by atoms with Crippen LogP contribution in [-0.4, -0.2) is 22.8 Å². The number of benzene rings is 1. The number of hydrogen-bond acceptors (Lipinski definition) is 3. The molecule has 0 amide bonds. The highest BCUT2D eigenvalue weighted by Crippen LogP contribution is 2.39. The first-order valence-electron chi connectivity index (χ1n) is 8.81. The van der Waals surface area contributed by atoms with Crippen LogP contribution in [0.25, 0.3) is 0 Å². The molecule has 2 atom stereocenters. The molecule has 1 aliphatic rings. The molecular weight excluding hydrogens is 348 g/mol. The normalized spacial score (nSPS) is 22.4. The maximum absolute atomic E-state index is 12.8. The lowest BCUT2D eigenvalue weighted by Gasteiger charge is -2.40. The minimum Gasteiger partial charge on any atom is -0.413 e. The van der Waals surface area contributed by atoms with Crippen LogP contribution in [0.5, 0.6) is 0 Å². The average Bonchev–Trinajstić information content (AvgIpc) is 2.70. The van der Waals surface area contributed by atoms with Crippen molar-refractivity contribution in [3.63, 3.8) is 0 Å². The van der Waals surface area contributed by atoms with E-state index in [1.807, 2.05) is 18.2 Å². The second-order valence-electron chi connectivity index (χ2n) is 8.29. The lowest BCUT2D eigenvalue weighted by Crippen LogP contribution is -2.45. The molecule has 0 bridgehead atoms. The molecule has 0 fully saturated rings. The molecule has 138 valence electrons. The monoisotopic (exact) mass is 378 g/mol. The topological polar surface area (TPSA) is 43.4 Å². The van der Waals surface area contributed by atoms with Gasteiger partial charge in [0.25, 0.3) is 0 Å². The van der Waals surface area contributed by atoms with Crippen molar-refractivity contribution in [1.29, 1.82) is 0 Å². The first kappa shape index (κ1) is 20.1. The Kier molecular flexibility index (Phi) is 5.81. The largest absolute Gasteiger partial charge is 0.413 e. The molecule has 5 heteroatoms. The van der Waals surface area contributed by atoms with Crippen molar-refractivity contribution in [2.45, 2.75) is 63.2 Å². The Morgan fingerprint density at radius 1 is 1.12 bits per heavy atom. The van der Waals surface area contributed by atoms with Crippen LogP contribution in [0.3, 0.4) is 0 Å². The quantitative estimate of drug-likeness (QED) is 0.665. The van der Waals surface area contributed by atoms with Crippen molar-refractivity contribution in [1.82, 2.24) is 0 Å². The third-order valence-electron chi connectivity index (χ3n) is 5.32. The Hall–Kier alpha value is -1.17. The summed E-state index contributed by atoms with van der Waals surface area (Å²) in [6, 6.07) is 8.60. The van der Waals surface area contributed by atoms with Crippen LogP contribution < -0.4 is 0 Å². The van der Waals surface area contributed by atoms with Crippen molar-refractivity contribution in [2.75, 3.05) is 0 Å². The van der Waals surface area contributed by atoms with E-state index in [1.165, 1.54) is 0 Å². The molecule has 1 aliphatic carbocycles. The molecule has 25 heavy (non-hydrogen) atoms. The number of sulfone groups is 1. The minimum absolute atomic E-state index is 0.0145. The van der Waals surface area contributed by atoms with E-state index in [0.717, 1.165) is 0 Å². The molecule has 0 saturated heterocycles. The van der Waals surface area contributed by atoms with Gasteiger partial charge in [0.05, 0.1) is 15.9 Å². The van der Waals surface area contributed by atoms with Crippen LogP contribution in [0, 0.1) is 5.92 Å². The van der Waals surface area contributed by atoms with Gasteiger partial charge in [-0.2, -0.15) is 0 Å². The van der Waals surface area contributed by atoms with Crippen LogP contribution in [0.2, 0.25) is 18.1 Å². The SMILES string of the molecule is C[C@H]1C=CC(S(=O)(=O)c2ccccc2)=CC[C@H]1O[Si](C)(C)C(C)(C)C. The Balaban J connectivity index is 2.27. The number of allylic oxidation sites excluding steroid dienone is 1. The van der Waals surface area contributed by atoms with Gasteiger partial charge >= 0.3 is 0 Å². The van der Waals surface area contributed by atoms with Gasteiger partial charge in [0.1, 0.15) is 0 Å². The predicted molar refractivity (Wildman–Crippen MR) is 107 cm³/mol. The van der Waals surface area contributed by atoms with E-state index in [-0.39, 0.29) is 17.1 Å². The lowest BCUT2D eigenvalue weighted by atomic mass is 10.0. The molecule has 0 heterocycles. The van der Waals surface area contributed by atoms with Gasteiger partial charge in [0, 0.05) is 0 Å². The molecule has 0 aliphatic heterocycles. The van der Waals surface area contributed by atoms with Gasteiger partial charge < -0.3 is 4.43 Å². The minimum atomic E-state index is -3.47. The molecule has 0 radical (unpaired) electrons. The summed E-state index contributed by atoms with van der Waals surface area (Å²) in [5.74, 6) is 0.175. The van der Waals surface area contributed by atoms with Crippen LogP contribution >= 0.6 is 0 Å². The maximum atomic E-state index is 12.8. The summed E-state index contributed by atoms with van der Waals surface area (Å²) in [7, 11) is -5.38. The highest BCUT2D eigenvalue weighted by Gasteiger charge is 2.40. The van der Waals surface area contributed by atoms with E-state index in [1.54, 1.807) is 30.3 Å². The van der Waals surface area contributed by atoms with Crippen molar-refractivity contribution in [3.05, 3.63) is 53.5 Å². The summed E-state index contributed by atoms with van der Waals surface area (Å²) < 4.78 is 32.2. The highest BCUT2D eigenvalue weighted by atomic mass is 32.2. The standard InChI is InChI=1S/C20H30O3SSi/c1-16-12-13-18(24(21,22)17-10-8-7-9-11-17)14-15-19(16)23-25(5,6)20(2,3)4/h7-14,16,19H,15H2,1-6H3/t16-,19+/m0/s1. The van der Waals surface area contributed by atoms with E-state index in [2.05, 4.69) is 40.8 Å². The van der Waals surface area contributed by atoms with Gasteiger partial charge in [-0.25, -0.2) is 8.42 Å². The van der Waals surface area contributed by atoms with Gasteiger partial charge in [-0.05, 0) is 48.7 Å². The van der Waals surface area contributed by atoms with Crippen LogP contribution in [0.15, 0.2) is 58.4 Å². The molecule has 0 spiro atoms. The van der Waals surface area contributed by atoms with Crippen LogP contribution in [0.4, 0.5) is 0 Å². The fourth-order valence-corrected chi connectivity index (χ4v) is 5.31. The summed E-state index contributed by atoms with van der Waals surface area (Å²) in [5.41, 5.74) is 0. The summed E-state index contributed by atoms with van der Waals surface area (Å²) in [5, 5.41) is 0.130. The molecule has 3 nitrogen and oxygen atoms in total. The zero-order valence-corrected chi connectivity index (χ0v) is 17.9. The number of hydrogen-bond donors (Lipinski definition) is 0. The second kappa shape index (κ2) is 7.21. The first-order valence-corrected chi connectivity index (χ1v) is 13.2. The van der Waals surface area contributed by atoms with E-state index in [9.17, 15) is 8.42 Å². The molecular formula is C20H30O3SSi. The van der Waals surface area contributed by atoms with Crippen molar-refractivity contribution in [2.24, 2.45) is 5.92 Å². The van der Waals surface area contributed by atoms with Crippen molar-refractivity contribution < 1.29 is 12.8 Å². The van der Waals surface area contributed by atoms with E-state index in [0.29, 0.717) is 16.2 Å². The summed E-state index contributed by atoms with van der Waals surface area (Å²) in [6.45, 7) is 13.2. The van der Waals surface area contributed by atoms with Crippen LogP contribution in [-0.2, 0) is 14.3 Å². The zero-order valence-electron chi connectivity index (χ0n) is 16.1. The third kappa shape index (κ3) is 4.52. The molecule has 1 aromatic carbocycles. The highest BCUT2D eigenvalue weighted by molar-refractivity contribution is 7.95. The summed E-state index contributed by atoms with van der Waals surface area (Å²) in [6.07, 6.45) is 6.15. The number of rotatable bonds is 4. The van der Waals surface area contributed by atoms with E-state index >= 15 is 0 Å². The van der Waals surface area contributed by atoms with Crippen LogP contribution in [0.1, 0.15) is 34.1 Å². The van der Waals surface area contributed by atoms with Gasteiger partial charge in [0.2, 0.25) is 9.84 Å². The Morgan fingerprint density at radius 3 is 2.28 bits per heavy atom. The lowest BCUT2D eigenvalue weighted by molar-refractivity contribution is 0.149. The van der Waals surface area contributed by atoms with Gasteiger partial charge in [-0.15, -0.1) is 0 Å². The van der Waals surface area contributed by atoms with Gasteiger partial charge in [0.15, 0.2) is 8.32 Å². The fourth-order valence-electron chi connectivity index (χ4n) is 2.53. The molecule has 0 saturated carbocycles. The van der Waals surface area contributed by atoms with Gasteiger partial charge in [-0.3, -0.25) is 0 Å². The van der Waals surface area contributed by atoms with E-state index in [4.69, 9.17) is 4.43 Å². The van der Waals surface area contributed by atoms with E-state index < -0.39 is 18.2 Å². The Labute approximate surface area is 153 Å². The molecule has 0 aromatic heterocycles. The zero-order chi connectivity index (χ0) is 18.9. The fraction of sp³-hybridized carbons (Fsp3) is 0.500. The first-order chi connectivity index (χ1) is 11.4. The molecule has 0 unspecified atom stereocenters.